The van der Waals surface area contributed by atoms with Gasteiger partial charge in [0.25, 0.3) is 0 Å². The molecule has 3 aromatic carbocycles. The monoisotopic (exact) mass is 299 g/mol. The smallest absolute Gasteiger partial charge is 0.0629 e. The third-order valence-electron chi connectivity index (χ3n) is 3.23. The van der Waals surface area contributed by atoms with Gasteiger partial charge in [0.05, 0.1) is 6.85 Å². The SMILES string of the molecule is [2H]c1c([2H])c([2H])c(-c2cccc3sc4cc(Cl)ccc4c23)c([2H])c1[2H]. The summed E-state index contributed by atoms with van der Waals surface area (Å²) in [7, 11) is 0. The van der Waals surface area contributed by atoms with Crippen molar-refractivity contribution in [2.24, 2.45) is 0 Å². The number of fused-ring (bicyclic) bond motifs is 3. The van der Waals surface area contributed by atoms with E-state index in [1.54, 1.807) is 23.5 Å². The number of hydrogen-bond donors (Lipinski definition) is 0. The van der Waals surface area contributed by atoms with Crippen LogP contribution in [-0.2, 0) is 0 Å². The Labute approximate surface area is 133 Å². The summed E-state index contributed by atoms with van der Waals surface area (Å²) in [4.78, 5) is 0. The lowest BCUT2D eigenvalue weighted by molar-refractivity contribution is 1.67. The fourth-order valence-corrected chi connectivity index (χ4v) is 3.80. The summed E-state index contributed by atoms with van der Waals surface area (Å²) in [5.41, 5.74) is 0.870. The Morgan fingerprint density at radius 2 is 1.80 bits per heavy atom. The Bertz CT molecular complexity index is 1140. The molecule has 0 amide bonds. The van der Waals surface area contributed by atoms with Gasteiger partial charge in [0.15, 0.2) is 0 Å². The summed E-state index contributed by atoms with van der Waals surface area (Å²) in [5, 5.41) is 2.49. The zero-order chi connectivity index (χ0) is 17.9. The van der Waals surface area contributed by atoms with Crippen LogP contribution < -0.4 is 0 Å². The van der Waals surface area contributed by atoms with Gasteiger partial charge < -0.3 is 0 Å². The van der Waals surface area contributed by atoms with Gasteiger partial charge in [0, 0.05) is 25.2 Å². The van der Waals surface area contributed by atoms with Gasteiger partial charge in [-0.2, -0.15) is 0 Å². The lowest BCUT2D eigenvalue weighted by atomic mass is 10.00. The molecule has 0 saturated carbocycles. The molecule has 0 unspecified atom stereocenters. The molecule has 2 heteroatoms. The fourth-order valence-electron chi connectivity index (χ4n) is 2.39. The molecule has 0 N–H and O–H groups in total. The Hall–Kier alpha value is -1.83. The predicted molar refractivity (Wildman–Crippen MR) is 89.8 cm³/mol. The second kappa shape index (κ2) is 4.62. The predicted octanol–water partition coefficient (Wildman–Crippen LogP) is 6.37. The first-order valence-electron chi connectivity index (χ1n) is 8.58. The minimum Gasteiger partial charge on any atom is -0.135 e. The minimum absolute atomic E-state index is 0.188. The molecule has 0 spiro atoms. The molecule has 0 nitrogen and oxygen atoms in total. The average Bonchev–Trinajstić information content (AvgIpc) is 2.96. The van der Waals surface area contributed by atoms with Crippen molar-refractivity contribution in [3.05, 3.63) is 71.6 Å². The largest absolute Gasteiger partial charge is 0.135 e. The second-order valence-electron chi connectivity index (χ2n) is 4.42. The molecule has 0 bridgehead atoms. The topological polar surface area (TPSA) is 0 Å². The van der Waals surface area contributed by atoms with Crippen molar-refractivity contribution < 1.29 is 6.85 Å². The van der Waals surface area contributed by atoms with Crippen LogP contribution in [0.2, 0.25) is 5.02 Å². The normalized spacial score (nSPS) is 14.8. The third kappa shape index (κ3) is 1.82. The maximum atomic E-state index is 8.25. The van der Waals surface area contributed by atoms with Gasteiger partial charge in [-0.3, -0.25) is 0 Å². The van der Waals surface area contributed by atoms with Gasteiger partial charge in [-0.05, 0) is 29.3 Å². The Kier molecular flexibility index (Phi) is 1.81. The van der Waals surface area contributed by atoms with E-state index in [0.717, 1.165) is 20.2 Å². The first-order chi connectivity index (χ1) is 11.9. The van der Waals surface area contributed by atoms with Crippen molar-refractivity contribution in [1.82, 2.24) is 0 Å². The van der Waals surface area contributed by atoms with Gasteiger partial charge in [-0.1, -0.05) is 60.0 Å². The average molecular weight is 300 g/mol. The van der Waals surface area contributed by atoms with Crippen molar-refractivity contribution in [2.45, 2.75) is 0 Å². The van der Waals surface area contributed by atoms with E-state index < -0.39 is 0 Å². The fraction of sp³-hybridized carbons (Fsp3) is 0. The van der Waals surface area contributed by atoms with Crippen molar-refractivity contribution in [3.63, 3.8) is 0 Å². The van der Waals surface area contributed by atoms with Crippen molar-refractivity contribution in [2.75, 3.05) is 0 Å². The number of hydrogen-bond acceptors (Lipinski definition) is 1. The summed E-state index contributed by atoms with van der Waals surface area (Å²) in [5.74, 6) is 0. The summed E-state index contributed by atoms with van der Waals surface area (Å²) < 4.78 is 42.1. The highest BCUT2D eigenvalue weighted by Gasteiger charge is 2.10. The van der Waals surface area contributed by atoms with Crippen LogP contribution in [0.4, 0.5) is 0 Å². The summed E-state index contributed by atoms with van der Waals surface area (Å²) in [6.07, 6.45) is 0. The van der Waals surface area contributed by atoms with Crippen LogP contribution in [0, 0.1) is 0 Å². The molecule has 0 saturated heterocycles. The number of thiophene rings is 1. The quantitative estimate of drug-likeness (QED) is 0.383. The van der Waals surface area contributed by atoms with E-state index in [1.807, 2.05) is 24.3 Å². The lowest BCUT2D eigenvalue weighted by Gasteiger charge is -2.04. The molecule has 96 valence electrons. The first-order valence-corrected chi connectivity index (χ1v) is 7.27. The molecule has 20 heavy (non-hydrogen) atoms. The summed E-state index contributed by atoms with van der Waals surface area (Å²) in [6.45, 7) is 0. The summed E-state index contributed by atoms with van der Waals surface area (Å²) >= 11 is 7.66. The molecule has 0 fully saturated rings. The highest BCUT2D eigenvalue weighted by atomic mass is 35.5. The molecular weight excluding hydrogens is 284 g/mol. The molecule has 4 aromatic rings. The highest BCUT2D eigenvalue weighted by molar-refractivity contribution is 7.26. The van der Waals surface area contributed by atoms with Crippen LogP contribution in [0.25, 0.3) is 31.3 Å². The zero-order valence-corrected chi connectivity index (χ0v) is 11.8. The van der Waals surface area contributed by atoms with Crippen molar-refractivity contribution in [3.8, 4) is 11.1 Å². The van der Waals surface area contributed by atoms with E-state index in [2.05, 4.69) is 0 Å². The van der Waals surface area contributed by atoms with E-state index >= 15 is 0 Å². The van der Waals surface area contributed by atoms with E-state index in [-0.39, 0.29) is 35.8 Å². The summed E-state index contributed by atoms with van der Waals surface area (Å²) in [6, 6.07) is 9.80. The number of rotatable bonds is 1. The Balaban J connectivity index is 2.18. The lowest BCUT2D eigenvalue weighted by Crippen LogP contribution is -1.78. The molecule has 1 heterocycles. The van der Waals surface area contributed by atoms with Gasteiger partial charge in [0.1, 0.15) is 0 Å². The molecule has 1 aromatic heterocycles. The molecule has 0 atom stereocenters. The number of benzene rings is 3. The van der Waals surface area contributed by atoms with E-state index in [0.29, 0.717) is 10.6 Å². The maximum Gasteiger partial charge on any atom is 0.0629 e. The second-order valence-corrected chi connectivity index (χ2v) is 5.94. The molecule has 0 aliphatic rings. The standard InChI is InChI=1S/C18H11ClS/c19-13-9-10-15-17(11-13)20-16-8-4-7-14(18(15)16)12-5-2-1-3-6-12/h1-11H/i1D,2D,3D,5D,6D. The van der Waals surface area contributed by atoms with Crippen LogP contribution in [0.5, 0.6) is 0 Å². The number of halogens is 1. The van der Waals surface area contributed by atoms with Crippen LogP contribution in [0.1, 0.15) is 6.85 Å². The zero-order valence-electron chi connectivity index (χ0n) is 15.3. The van der Waals surface area contributed by atoms with Crippen LogP contribution in [0.3, 0.4) is 0 Å². The van der Waals surface area contributed by atoms with Crippen LogP contribution >= 0.6 is 22.9 Å². The van der Waals surface area contributed by atoms with E-state index in [9.17, 15) is 0 Å². The van der Waals surface area contributed by atoms with Crippen molar-refractivity contribution >= 4 is 43.1 Å². The Morgan fingerprint density at radius 3 is 2.65 bits per heavy atom. The molecular formula is C18H11ClS. The van der Waals surface area contributed by atoms with Crippen LogP contribution in [0.15, 0.2) is 66.6 Å². The molecule has 0 radical (unpaired) electrons. The minimum atomic E-state index is -0.382. The van der Waals surface area contributed by atoms with Gasteiger partial charge in [-0.15, -0.1) is 11.3 Å². The first kappa shape index (κ1) is 7.82. The third-order valence-corrected chi connectivity index (χ3v) is 4.58. The van der Waals surface area contributed by atoms with E-state index in [4.69, 9.17) is 18.5 Å². The maximum absolute atomic E-state index is 8.25. The Morgan fingerprint density at radius 1 is 0.950 bits per heavy atom. The molecule has 0 aliphatic carbocycles. The van der Waals surface area contributed by atoms with Gasteiger partial charge >= 0.3 is 0 Å². The van der Waals surface area contributed by atoms with Crippen molar-refractivity contribution in [1.29, 1.82) is 0 Å². The van der Waals surface area contributed by atoms with Gasteiger partial charge in [0.2, 0.25) is 0 Å². The van der Waals surface area contributed by atoms with Gasteiger partial charge in [-0.25, -0.2) is 0 Å². The highest BCUT2D eigenvalue weighted by Crippen LogP contribution is 2.40. The van der Waals surface area contributed by atoms with E-state index in [1.165, 1.54) is 0 Å². The van der Waals surface area contributed by atoms with Crippen LogP contribution in [-0.4, -0.2) is 0 Å². The molecule has 4 rings (SSSR count). The molecule has 0 aliphatic heterocycles.